The van der Waals surface area contributed by atoms with Crippen LogP contribution in [0.4, 0.5) is 0 Å². The first-order chi connectivity index (χ1) is 11.2. The number of methoxy groups -OCH3 is 2. The van der Waals surface area contributed by atoms with Crippen LogP contribution in [0.1, 0.15) is 5.56 Å². The van der Waals surface area contributed by atoms with Crippen molar-refractivity contribution in [2.24, 2.45) is 0 Å². The van der Waals surface area contributed by atoms with Gasteiger partial charge in [-0.05, 0) is 29.1 Å². The quantitative estimate of drug-likeness (QED) is 0.600. The van der Waals surface area contributed by atoms with Gasteiger partial charge in [-0.1, -0.05) is 33.8 Å². The van der Waals surface area contributed by atoms with Gasteiger partial charge in [0.15, 0.2) is 17.3 Å². The molecule has 0 saturated heterocycles. The Morgan fingerprint density at radius 1 is 1.26 bits per heavy atom. The smallest absolute Gasteiger partial charge is 0.209 e. The van der Waals surface area contributed by atoms with Crippen molar-refractivity contribution in [2.45, 2.75) is 10.9 Å². The van der Waals surface area contributed by atoms with E-state index >= 15 is 0 Å². The van der Waals surface area contributed by atoms with Crippen molar-refractivity contribution in [3.05, 3.63) is 39.7 Å². The van der Waals surface area contributed by atoms with Crippen LogP contribution in [0.3, 0.4) is 0 Å². The number of aromatic amines is 1. The summed E-state index contributed by atoms with van der Waals surface area (Å²) in [5.41, 5.74) is 1.09. The van der Waals surface area contributed by atoms with Gasteiger partial charge in [0.25, 0.3) is 0 Å². The minimum atomic E-state index is 0.700. The minimum absolute atomic E-state index is 0.700. The van der Waals surface area contributed by atoms with Crippen molar-refractivity contribution < 1.29 is 9.47 Å². The number of benzene rings is 1. The largest absolute Gasteiger partial charge is 0.493 e. The van der Waals surface area contributed by atoms with Gasteiger partial charge >= 0.3 is 0 Å². The molecule has 1 N–H and O–H groups in total. The Hall–Kier alpha value is -1.51. The second-order valence-electron chi connectivity index (χ2n) is 4.53. The van der Waals surface area contributed by atoms with E-state index in [1.165, 1.54) is 0 Å². The van der Waals surface area contributed by atoms with Crippen LogP contribution in [-0.4, -0.2) is 29.4 Å². The predicted octanol–water partition coefficient (Wildman–Crippen LogP) is 4.61. The standard InChI is InChI=1S/C15H14BrN3O2S2/c1-20-11-6-9(10(16)7-12(11)21-2)8-23-15-17-14(18-19-15)13-4-3-5-22-13/h3-7H,8H2,1-2H3,(H,17,18,19). The lowest BCUT2D eigenvalue weighted by atomic mass is 10.2. The number of nitrogens with zero attached hydrogens (tertiary/aromatic N) is 2. The zero-order valence-electron chi connectivity index (χ0n) is 12.5. The number of thioether (sulfide) groups is 1. The Morgan fingerprint density at radius 3 is 2.74 bits per heavy atom. The molecule has 3 aromatic rings. The molecular weight excluding hydrogens is 398 g/mol. The lowest BCUT2D eigenvalue weighted by molar-refractivity contribution is 0.354. The minimum Gasteiger partial charge on any atom is -0.493 e. The number of H-pyrrole nitrogens is 1. The van der Waals surface area contributed by atoms with E-state index in [4.69, 9.17) is 9.47 Å². The number of rotatable bonds is 6. The molecule has 0 bridgehead atoms. The van der Waals surface area contributed by atoms with Crippen LogP contribution >= 0.6 is 39.0 Å². The summed E-state index contributed by atoms with van der Waals surface area (Å²) < 4.78 is 11.6. The molecule has 0 amide bonds. The van der Waals surface area contributed by atoms with Crippen LogP contribution in [0.25, 0.3) is 10.7 Å². The zero-order valence-corrected chi connectivity index (χ0v) is 15.7. The topological polar surface area (TPSA) is 60.0 Å². The SMILES string of the molecule is COc1cc(Br)c(CSc2n[nH]c(-c3cccs3)n2)cc1OC. The molecule has 23 heavy (non-hydrogen) atoms. The molecule has 0 aliphatic heterocycles. The molecular formula is C15H14BrN3O2S2. The van der Waals surface area contributed by atoms with Crippen LogP contribution in [0.5, 0.6) is 11.5 Å². The van der Waals surface area contributed by atoms with Gasteiger partial charge in [0, 0.05) is 10.2 Å². The molecule has 2 aromatic heterocycles. The third-order valence-corrected chi connectivity index (χ3v) is 5.64. The second-order valence-corrected chi connectivity index (χ2v) is 7.28. The molecule has 0 spiro atoms. The highest BCUT2D eigenvalue weighted by Crippen LogP contribution is 2.35. The van der Waals surface area contributed by atoms with E-state index in [1.807, 2.05) is 29.6 Å². The Bertz CT molecular complexity index is 790. The third-order valence-electron chi connectivity index (χ3n) is 3.13. The van der Waals surface area contributed by atoms with Crippen molar-refractivity contribution in [1.82, 2.24) is 15.2 Å². The average molecular weight is 412 g/mol. The molecule has 3 rings (SSSR count). The molecule has 2 heterocycles. The van der Waals surface area contributed by atoms with Crippen molar-refractivity contribution in [2.75, 3.05) is 14.2 Å². The lowest BCUT2D eigenvalue weighted by Gasteiger charge is -2.11. The van der Waals surface area contributed by atoms with Gasteiger partial charge < -0.3 is 9.47 Å². The molecule has 0 saturated carbocycles. The highest BCUT2D eigenvalue weighted by molar-refractivity contribution is 9.10. The van der Waals surface area contributed by atoms with E-state index in [2.05, 4.69) is 31.1 Å². The summed E-state index contributed by atoms with van der Waals surface area (Å²) in [6.45, 7) is 0. The summed E-state index contributed by atoms with van der Waals surface area (Å²) in [6.07, 6.45) is 0. The molecule has 8 heteroatoms. The van der Waals surface area contributed by atoms with E-state index in [0.717, 1.165) is 31.6 Å². The monoisotopic (exact) mass is 411 g/mol. The number of aromatic nitrogens is 3. The van der Waals surface area contributed by atoms with Crippen LogP contribution in [0.2, 0.25) is 0 Å². The van der Waals surface area contributed by atoms with E-state index in [-0.39, 0.29) is 0 Å². The van der Waals surface area contributed by atoms with E-state index < -0.39 is 0 Å². The fourth-order valence-corrected chi connectivity index (χ4v) is 4.09. The van der Waals surface area contributed by atoms with Gasteiger partial charge in [-0.2, -0.15) is 0 Å². The molecule has 5 nitrogen and oxygen atoms in total. The summed E-state index contributed by atoms with van der Waals surface area (Å²) in [6, 6.07) is 7.88. The summed E-state index contributed by atoms with van der Waals surface area (Å²) in [5, 5.41) is 9.96. The number of nitrogens with one attached hydrogen (secondary N) is 1. The van der Waals surface area contributed by atoms with Gasteiger partial charge in [0.2, 0.25) is 5.16 Å². The molecule has 1 aromatic carbocycles. The van der Waals surface area contributed by atoms with Gasteiger partial charge in [0.1, 0.15) is 0 Å². The zero-order chi connectivity index (χ0) is 16.2. The van der Waals surface area contributed by atoms with Crippen molar-refractivity contribution in [3.63, 3.8) is 0 Å². The fourth-order valence-electron chi connectivity index (χ4n) is 1.98. The van der Waals surface area contributed by atoms with E-state index in [1.54, 1.807) is 37.3 Å². The summed E-state index contributed by atoms with van der Waals surface area (Å²) in [5.74, 6) is 2.93. The predicted molar refractivity (Wildman–Crippen MR) is 96.5 cm³/mol. The molecule has 0 atom stereocenters. The Balaban J connectivity index is 1.73. The fraction of sp³-hybridized carbons (Fsp3) is 0.200. The van der Waals surface area contributed by atoms with Crippen molar-refractivity contribution in [1.29, 1.82) is 0 Å². The van der Waals surface area contributed by atoms with Crippen molar-refractivity contribution >= 4 is 39.0 Å². The summed E-state index contributed by atoms with van der Waals surface area (Å²) in [7, 11) is 3.25. The highest BCUT2D eigenvalue weighted by Gasteiger charge is 2.12. The molecule has 0 aliphatic carbocycles. The maximum absolute atomic E-state index is 5.35. The summed E-state index contributed by atoms with van der Waals surface area (Å²) in [4.78, 5) is 5.59. The van der Waals surface area contributed by atoms with E-state index in [0.29, 0.717) is 11.5 Å². The lowest BCUT2D eigenvalue weighted by Crippen LogP contribution is -1.93. The van der Waals surface area contributed by atoms with Crippen LogP contribution < -0.4 is 9.47 Å². The highest BCUT2D eigenvalue weighted by atomic mass is 79.9. The van der Waals surface area contributed by atoms with Gasteiger partial charge in [-0.25, -0.2) is 4.98 Å². The first-order valence-electron chi connectivity index (χ1n) is 6.70. The van der Waals surface area contributed by atoms with Crippen LogP contribution in [-0.2, 0) is 5.75 Å². The van der Waals surface area contributed by atoms with Crippen molar-refractivity contribution in [3.8, 4) is 22.2 Å². The first-order valence-corrected chi connectivity index (χ1v) is 9.36. The Labute approximate surface area is 150 Å². The summed E-state index contributed by atoms with van der Waals surface area (Å²) >= 11 is 6.76. The number of hydrogen-bond donors (Lipinski definition) is 1. The third kappa shape index (κ3) is 3.70. The first kappa shape index (κ1) is 16.4. The molecule has 0 unspecified atom stereocenters. The Kier molecular flexibility index (Phi) is 5.24. The van der Waals surface area contributed by atoms with Gasteiger partial charge in [-0.3, -0.25) is 5.10 Å². The maximum Gasteiger partial charge on any atom is 0.209 e. The average Bonchev–Trinajstić information content (AvgIpc) is 3.24. The molecule has 0 fully saturated rings. The maximum atomic E-state index is 5.35. The Morgan fingerprint density at radius 2 is 2.04 bits per heavy atom. The van der Waals surface area contributed by atoms with Gasteiger partial charge in [-0.15, -0.1) is 16.4 Å². The number of hydrogen-bond acceptors (Lipinski definition) is 6. The molecule has 0 aliphatic rings. The van der Waals surface area contributed by atoms with Gasteiger partial charge in [0.05, 0.1) is 19.1 Å². The molecule has 0 radical (unpaired) electrons. The normalized spacial score (nSPS) is 10.7. The van der Waals surface area contributed by atoms with Crippen LogP contribution in [0, 0.1) is 0 Å². The number of thiophene rings is 1. The van der Waals surface area contributed by atoms with Crippen LogP contribution in [0.15, 0.2) is 39.3 Å². The number of ether oxygens (including phenoxy) is 2. The molecule has 120 valence electrons. The second kappa shape index (κ2) is 7.37. The van der Waals surface area contributed by atoms with E-state index in [9.17, 15) is 0 Å². The number of halogens is 1.